The second-order valence-corrected chi connectivity index (χ2v) is 6.30. The zero-order valence-corrected chi connectivity index (χ0v) is 13.7. The molecule has 1 saturated heterocycles. The molecule has 1 fully saturated rings. The maximum absolute atomic E-state index is 5.94. The van der Waals surface area contributed by atoms with Gasteiger partial charge in [0.05, 0.1) is 5.76 Å². The lowest BCUT2D eigenvalue weighted by Crippen LogP contribution is -2.35. The van der Waals surface area contributed by atoms with Gasteiger partial charge >= 0.3 is 0 Å². The fourth-order valence-electron chi connectivity index (χ4n) is 3.17. The topological polar surface area (TPSA) is 12.5 Å². The summed E-state index contributed by atoms with van der Waals surface area (Å²) in [6, 6.07) is 21.0. The van der Waals surface area contributed by atoms with Crippen LogP contribution in [0.3, 0.4) is 0 Å². The molecule has 23 heavy (non-hydrogen) atoms. The SMILES string of the molecule is C=C(OCc1ccccc1)C1CCCN(Cc2ccccc2)C1. The van der Waals surface area contributed by atoms with Gasteiger partial charge in [-0.2, -0.15) is 0 Å². The summed E-state index contributed by atoms with van der Waals surface area (Å²) in [5.74, 6) is 1.38. The average molecular weight is 307 g/mol. The maximum Gasteiger partial charge on any atom is 0.113 e. The molecule has 120 valence electrons. The lowest BCUT2D eigenvalue weighted by molar-refractivity contribution is 0.111. The van der Waals surface area contributed by atoms with Gasteiger partial charge in [0.2, 0.25) is 0 Å². The third kappa shape index (κ3) is 4.70. The highest BCUT2D eigenvalue weighted by atomic mass is 16.5. The Bertz CT molecular complexity index is 608. The predicted molar refractivity (Wildman–Crippen MR) is 94.8 cm³/mol. The highest BCUT2D eigenvalue weighted by Gasteiger charge is 2.23. The number of hydrogen-bond donors (Lipinski definition) is 0. The third-order valence-corrected chi connectivity index (χ3v) is 4.48. The van der Waals surface area contributed by atoms with Crippen LogP contribution >= 0.6 is 0 Å². The molecule has 1 aliphatic rings. The Morgan fingerprint density at radius 1 is 1.00 bits per heavy atom. The zero-order valence-electron chi connectivity index (χ0n) is 13.7. The molecule has 0 bridgehead atoms. The molecule has 0 aliphatic carbocycles. The second kappa shape index (κ2) is 7.98. The minimum absolute atomic E-state index is 0.441. The molecule has 0 aromatic heterocycles. The summed E-state index contributed by atoms with van der Waals surface area (Å²) in [5.41, 5.74) is 2.58. The highest BCUT2D eigenvalue weighted by Crippen LogP contribution is 2.25. The first-order valence-corrected chi connectivity index (χ1v) is 8.43. The van der Waals surface area contributed by atoms with E-state index in [4.69, 9.17) is 4.74 Å². The summed E-state index contributed by atoms with van der Waals surface area (Å²) < 4.78 is 5.94. The van der Waals surface area contributed by atoms with Crippen LogP contribution in [0, 0.1) is 5.92 Å². The van der Waals surface area contributed by atoms with E-state index < -0.39 is 0 Å². The number of hydrogen-bond acceptors (Lipinski definition) is 2. The first kappa shape index (κ1) is 15.8. The Morgan fingerprint density at radius 2 is 1.65 bits per heavy atom. The smallest absolute Gasteiger partial charge is 0.113 e. The van der Waals surface area contributed by atoms with E-state index in [1.54, 1.807) is 0 Å². The molecule has 2 aromatic rings. The van der Waals surface area contributed by atoms with Gasteiger partial charge in [-0.1, -0.05) is 67.2 Å². The van der Waals surface area contributed by atoms with Gasteiger partial charge in [-0.25, -0.2) is 0 Å². The molecule has 0 amide bonds. The van der Waals surface area contributed by atoms with Crippen LogP contribution < -0.4 is 0 Å². The van der Waals surface area contributed by atoms with Crippen LogP contribution in [0.25, 0.3) is 0 Å². The van der Waals surface area contributed by atoms with E-state index in [-0.39, 0.29) is 0 Å². The van der Waals surface area contributed by atoms with Gasteiger partial charge in [-0.3, -0.25) is 4.90 Å². The van der Waals surface area contributed by atoms with Crippen LogP contribution in [0.15, 0.2) is 73.0 Å². The number of piperidine rings is 1. The molecule has 0 spiro atoms. The molecule has 1 heterocycles. The van der Waals surface area contributed by atoms with Crippen LogP contribution in [0.2, 0.25) is 0 Å². The molecule has 2 aromatic carbocycles. The van der Waals surface area contributed by atoms with Crippen molar-refractivity contribution in [1.82, 2.24) is 4.90 Å². The van der Waals surface area contributed by atoms with Crippen LogP contribution in [0.5, 0.6) is 0 Å². The Hall–Kier alpha value is -2.06. The lowest BCUT2D eigenvalue weighted by atomic mass is 9.96. The summed E-state index contributed by atoms with van der Waals surface area (Å²) in [6.07, 6.45) is 2.39. The van der Waals surface area contributed by atoms with E-state index in [9.17, 15) is 0 Å². The predicted octanol–water partition coefficient (Wildman–Crippen LogP) is 4.63. The maximum atomic E-state index is 5.94. The molecular weight excluding hydrogens is 282 g/mol. The van der Waals surface area contributed by atoms with Gasteiger partial charge < -0.3 is 4.74 Å². The molecule has 0 saturated carbocycles. The molecule has 1 atom stereocenters. The normalized spacial score (nSPS) is 18.5. The number of ether oxygens (including phenoxy) is 1. The number of nitrogens with zero attached hydrogens (tertiary/aromatic N) is 1. The van der Waals surface area contributed by atoms with Crippen molar-refractivity contribution in [2.45, 2.75) is 26.0 Å². The van der Waals surface area contributed by atoms with Gasteiger partial charge in [-0.15, -0.1) is 0 Å². The van der Waals surface area contributed by atoms with E-state index in [1.807, 2.05) is 18.2 Å². The molecule has 3 rings (SSSR count). The Labute approximate surface area is 139 Å². The molecule has 1 aliphatic heterocycles. The molecule has 2 heteroatoms. The average Bonchev–Trinajstić information content (AvgIpc) is 2.62. The summed E-state index contributed by atoms with van der Waals surface area (Å²) in [5, 5.41) is 0. The second-order valence-electron chi connectivity index (χ2n) is 6.30. The van der Waals surface area contributed by atoms with Gasteiger partial charge in [-0.05, 0) is 30.5 Å². The van der Waals surface area contributed by atoms with Crippen molar-refractivity contribution in [2.75, 3.05) is 13.1 Å². The summed E-state index contributed by atoms with van der Waals surface area (Å²) in [7, 11) is 0. The fraction of sp³-hybridized carbons (Fsp3) is 0.333. The Morgan fingerprint density at radius 3 is 2.35 bits per heavy atom. The fourth-order valence-corrected chi connectivity index (χ4v) is 3.17. The number of rotatable bonds is 6. The van der Waals surface area contributed by atoms with Crippen LogP contribution in [-0.2, 0) is 17.9 Å². The Balaban J connectivity index is 1.50. The minimum atomic E-state index is 0.441. The van der Waals surface area contributed by atoms with Crippen molar-refractivity contribution < 1.29 is 4.74 Å². The van der Waals surface area contributed by atoms with Crippen molar-refractivity contribution in [3.8, 4) is 0 Å². The minimum Gasteiger partial charge on any atom is -0.494 e. The highest BCUT2D eigenvalue weighted by molar-refractivity contribution is 5.15. The zero-order chi connectivity index (χ0) is 15.9. The quantitative estimate of drug-likeness (QED) is 0.722. The van der Waals surface area contributed by atoms with Crippen molar-refractivity contribution >= 4 is 0 Å². The van der Waals surface area contributed by atoms with E-state index in [1.165, 1.54) is 24.0 Å². The van der Waals surface area contributed by atoms with E-state index >= 15 is 0 Å². The number of benzene rings is 2. The summed E-state index contributed by atoms with van der Waals surface area (Å²) in [6.45, 7) is 8.03. The van der Waals surface area contributed by atoms with E-state index in [0.717, 1.165) is 25.4 Å². The van der Waals surface area contributed by atoms with E-state index in [2.05, 4.69) is 53.9 Å². The van der Waals surface area contributed by atoms with E-state index in [0.29, 0.717) is 12.5 Å². The van der Waals surface area contributed by atoms with Crippen LogP contribution in [0.4, 0.5) is 0 Å². The van der Waals surface area contributed by atoms with Crippen LogP contribution in [0.1, 0.15) is 24.0 Å². The molecule has 1 unspecified atom stereocenters. The van der Waals surface area contributed by atoms with Crippen molar-refractivity contribution in [3.05, 3.63) is 84.1 Å². The van der Waals surface area contributed by atoms with Gasteiger partial charge in [0.15, 0.2) is 0 Å². The molecule has 0 N–H and O–H groups in total. The summed E-state index contributed by atoms with van der Waals surface area (Å²) in [4.78, 5) is 2.51. The standard InChI is InChI=1S/C21H25NO/c1-18(23-17-20-11-6-3-7-12-20)21-13-8-14-22(16-21)15-19-9-4-2-5-10-19/h2-7,9-12,21H,1,8,13-17H2. The van der Waals surface area contributed by atoms with Gasteiger partial charge in [0.25, 0.3) is 0 Å². The lowest BCUT2D eigenvalue weighted by Gasteiger charge is -2.33. The first-order valence-electron chi connectivity index (χ1n) is 8.43. The molecule has 2 nitrogen and oxygen atoms in total. The van der Waals surface area contributed by atoms with Gasteiger partial charge in [0.1, 0.15) is 6.61 Å². The Kier molecular flexibility index (Phi) is 5.49. The monoisotopic (exact) mass is 307 g/mol. The van der Waals surface area contributed by atoms with Crippen molar-refractivity contribution in [1.29, 1.82) is 0 Å². The van der Waals surface area contributed by atoms with Crippen molar-refractivity contribution in [3.63, 3.8) is 0 Å². The largest absolute Gasteiger partial charge is 0.494 e. The van der Waals surface area contributed by atoms with Crippen LogP contribution in [-0.4, -0.2) is 18.0 Å². The molecular formula is C21H25NO. The molecule has 0 radical (unpaired) electrons. The van der Waals surface area contributed by atoms with Crippen molar-refractivity contribution in [2.24, 2.45) is 5.92 Å². The van der Waals surface area contributed by atoms with Gasteiger partial charge in [0, 0.05) is 19.0 Å². The first-order chi connectivity index (χ1) is 11.3. The number of likely N-dealkylation sites (tertiary alicyclic amines) is 1. The third-order valence-electron chi connectivity index (χ3n) is 4.48. The summed E-state index contributed by atoms with van der Waals surface area (Å²) >= 11 is 0.